The summed E-state index contributed by atoms with van der Waals surface area (Å²) in [4.78, 5) is 21.7. The zero-order valence-corrected chi connectivity index (χ0v) is 15.5. The number of nitrogens with one attached hydrogen (secondary N) is 1. The number of anilines is 1. The van der Waals surface area contributed by atoms with Gasteiger partial charge in [-0.15, -0.1) is 0 Å². The van der Waals surface area contributed by atoms with E-state index in [1.807, 2.05) is 0 Å². The molecule has 0 aliphatic rings. The molecule has 0 aliphatic carbocycles. The van der Waals surface area contributed by atoms with Crippen LogP contribution in [0, 0.1) is 0 Å². The third kappa shape index (κ3) is 4.61. The SMILES string of the molecule is O=C([O-])c1cc(NS(=O)(=O)c2ccccc2)cc(C(=O)[O-])c1.[Zn+2]. The van der Waals surface area contributed by atoms with Crippen LogP contribution in [-0.4, -0.2) is 20.4 Å². The minimum absolute atomic E-state index is 0. The van der Waals surface area contributed by atoms with Gasteiger partial charge in [-0.3, -0.25) is 4.72 Å². The third-order valence-corrected chi connectivity index (χ3v) is 4.11. The van der Waals surface area contributed by atoms with Gasteiger partial charge in [0.2, 0.25) is 0 Å². The zero-order valence-electron chi connectivity index (χ0n) is 11.7. The van der Waals surface area contributed by atoms with Crippen LogP contribution >= 0.6 is 0 Å². The molecule has 0 bridgehead atoms. The second kappa shape index (κ2) is 7.35. The van der Waals surface area contributed by atoms with Crippen molar-refractivity contribution in [2.45, 2.75) is 4.90 Å². The van der Waals surface area contributed by atoms with Crippen molar-refractivity contribution in [3.8, 4) is 0 Å². The Morgan fingerprint density at radius 2 is 1.35 bits per heavy atom. The Hall–Kier alpha value is -2.25. The Kier molecular flexibility index (Phi) is 6.00. The number of carboxylic acid groups (broad SMARTS) is 2. The summed E-state index contributed by atoms with van der Waals surface area (Å²) in [6, 6.07) is 10.1. The molecule has 0 saturated heterocycles. The number of rotatable bonds is 5. The summed E-state index contributed by atoms with van der Waals surface area (Å²) < 4.78 is 26.4. The molecule has 0 spiro atoms. The summed E-state index contributed by atoms with van der Waals surface area (Å²) in [6.45, 7) is 0. The number of aromatic carboxylic acids is 2. The first-order valence-corrected chi connectivity index (χ1v) is 7.43. The van der Waals surface area contributed by atoms with Gasteiger partial charge in [0, 0.05) is 0 Å². The average Bonchev–Trinajstić information content (AvgIpc) is 2.47. The van der Waals surface area contributed by atoms with Gasteiger partial charge in [0.25, 0.3) is 10.0 Å². The van der Waals surface area contributed by atoms with Crippen molar-refractivity contribution in [3.05, 3.63) is 59.7 Å². The zero-order chi connectivity index (χ0) is 16.3. The first-order valence-electron chi connectivity index (χ1n) is 5.95. The molecule has 2 aromatic carbocycles. The van der Waals surface area contributed by atoms with Crippen LogP contribution in [0.5, 0.6) is 0 Å². The van der Waals surface area contributed by atoms with E-state index in [1.165, 1.54) is 24.3 Å². The van der Waals surface area contributed by atoms with Crippen LogP contribution in [0.3, 0.4) is 0 Å². The number of hydrogen-bond acceptors (Lipinski definition) is 6. The Morgan fingerprint density at radius 3 is 1.78 bits per heavy atom. The van der Waals surface area contributed by atoms with Gasteiger partial charge in [0.05, 0.1) is 22.5 Å². The van der Waals surface area contributed by atoms with Gasteiger partial charge in [0.1, 0.15) is 0 Å². The number of carbonyl (C=O) groups is 2. The molecular formula is C14H9NO6SZn. The molecule has 0 fully saturated rings. The maximum Gasteiger partial charge on any atom is 2.00 e. The van der Waals surface area contributed by atoms with E-state index in [9.17, 15) is 28.2 Å². The fraction of sp³-hybridized carbons (Fsp3) is 0. The van der Waals surface area contributed by atoms with Crippen molar-refractivity contribution in [1.82, 2.24) is 0 Å². The first kappa shape index (κ1) is 18.8. The van der Waals surface area contributed by atoms with E-state index in [4.69, 9.17) is 0 Å². The summed E-state index contributed by atoms with van der Waals surface area (Å²) >= 11 is 0. The fourth-order valence-electron chi connectivity index (χ4n) is 1.74. The average molecular weight is 385 g/mol. The molecule has 114 valence electrons. The second-order valence-corrected chi connectivity index (χ2v) is 5.97. The van der Waals surface area contributed by atoms with Crippen molar-refractivity contribution in [2.75, 3.05) is 4.72 Å². The van der Waals surface area contributed by atoms with Crippen LogP contribution in [0.15, 0.2) is 53.4 Å². The largest absolute Gasteiger partial charge is 2.00 e. The minimum atomic E-state index is -3.97. The second-order valence-electron chi connectivity index (χ2n) is 4.29. The summed E-state index contributed by atoms with van der Waals surface area (Å²) in [6.07, 6.45) is 0. The Morgan fingerprint density at radius 1 is 0.870 bits per heavy atom. The Balaban J connectivity index is 0.00000264. The molecule has 0 unspecified atom stereocenters. The number of benzene rings is 2. The topological polar surface area (TPSA) is 126 Å². The maximum absolute atomic E-state index is 12.1. The molecule has 0 saturated carbocycles. The van der Waals surface area contributed by atoms with Crippen LogP contribution in [0.25, 0.3) is 0 Å². The number of sulfonamides is 1. The normalized spacial score (nSPS) is 10.4. The van der Waals surface area contributed by atoms with E-state index in [0.717, 1.165) is 18.2 Å². The van der Waals surface area contributed by atoms with Gasteiger partial charge in [-0.1, -0.05) is 18.2 Å². The van der Waals surface area contributed by atoms with Gasteiger partial charge >= 0.3 is 19.5 Å². The van der Waals surface area contributed by atoms with Gasteiger partial charge in [0.15, 0.2) is 0 Å². The molecule has 2 aromatic rings. The van der Waals surface area contributed by atoms with E-state index in [0.29, 0.717) is 0 Å². The van der Waals surface area contributed by atoms with Crippen molar-refractivity contribution >= 4 is 27.6 Å². The van der Waals surface area contributed by atoms with Crippen LogP contribution in [0.1, 0.15) is 20.7 Å². The van der Waals surface area contributed by atoms with Gasteiger partial charge in [-0.2, -0.15) is 0 Å². The summed E-state index contributed by atoms with van der Waals surface area (Å²) in [5.41, 5.74) is -1.18. The molecule has 0 amide bonds. The fourth-order valence-corrected chi connectivity index (χ4v) is 2.80. The standard InChI is InChI=1S/C14H11NO6S.Zn/c16-13(17)9-6-10(14(18)19)8-11(7-9)15-22(20,21)12-4-2-1-3-5-12;/h1-8,15H,(H,16,17)(H,18,19);/q;+2/p-2. The van der Waals surface area contributed by atoms with Gasteiger partial charge in [-0.25, -0.2) is 8.42 Å². The minimum Gasteiger partial charge on any atom is -0.545 e. The number of carbonyl (C=O) groups excluding carboxylic acids is 2. The number of hydrogen-bond donors (Lipinski definition) is 1. The molecule has 1 N–H and O–H groups in total. The van der Waals surface area contributed by atoms with Crippen LogP contribution in [0.4, 0.5) is 5.69 Å². The molecule has 9 heteroatoms. The van der Waals surface area contributed by atoms with Gasteiger partial charge in [-0.05, 0) is 41.5 Å². The monoisotopic (exact) mass is 383 g/mol. The first-order chi connectivity index (χ1) is 10.3. The number of carboxylic acids is 2. The van der Waals surface area contributed by atoms with E-state index < -0.39 is 33.1 Å². The molecule has 0 heterocycles. The van der Waals surface area contributed by atoms with E-state index >= 15 is 0 Å². The summed E-state index contributed by atoms with van der Waals surface area (Å²) in [5, 5.41) is 21.7. The summed E-state index contributed by atoms with van der Waals surface area (Å²) in [7, 11) is -3.97. The third-order valence-electron chi connectivity index (χ3n) is 2.71. The van der Waals surface area contributed by atoms with Gasteiger partial charge < -0.3 is 19.8 Å². The Bertz CT molecular complexity index is 803. The summed E-state index contributed by atoms with van der Waals surface area (Å²) in [5.74, 6) is -3.27. The molecule has 7 nitrogen and oxygen atoms in total. The molecule has 0 radical (unpaired) electrons. The molecule has 0 atom stereocenters. The van der Waals surface area contributed by atoms with E-state index in [-0.39, 0.29) is 30.1 Å². The Labute approximate surface area is 144 Å². The predicted octanol–water partition coefficient (Wildman–Crippen LogP) is -0.788. The van der Waals surface area contributed by atoms with Crippen molar-refractivity contribution < 1.29 is 47.7 Å². The van der Waals surface area contributed by atoms with Crippen molar-refractivity contribution in [1.29, 1.82) is 0 Å². The van der Waals surface area contributed by atoms with E-state index in [2.05, 4.69) is 4.72 Å². The molecule has 23 heavy (non-hydrogen) atoms. The molecule has 0 aromatic heterocycles. The maximum atomic E-state index is 12.1. The van der Waals surface area contributed by atoms with Crippen molar-refractivity contribution in [3.63, 3.8) is 0 Å². The van der Waals surface area contributed by atoms with E-state index in [1.54, 1.807) is 6.07 Å². The van der Waals surface area contributed by atoms with Crippen LogP contribution in [0.2, 0.25) is 0 Å². The van der Waals surface area contributed by atoms with Crippen molar-refractivity contribution in [2.24, 2.45) is 0 Å². The molecule has 0 aliphatic heterocycles. The predicted molar refractivity (Wildman–Crippen MR) is 72.4 cm³/mol. The van der Waals surface area contributed by atoms with Crippen LogP contribution < -0.4 is 14.9 Å². The molecule has 2 rings (SSSR count). The molecular weight excluding hydrogens is 376 g/mol. The quantitative estimate of drug-likeness (QED) is 0.673. The smallest absolute Gasteiger partial charge is 0.545 e. The van der Waals surface area contributed by atoms with Crippen LogP contribution in [-0.2, 0) is 29.5 Å².